The Hall–Kier alpha value is -3.65. The lowest BCUT2D eigenvalue weighted by Crippen LogP contribution is -2.24. The predicted molar refractivity (Wildman–Crippen MR) is 127 cm³/mol. The van der Waals surface area contributed by atoms with Gasteiger partial charge in [0.2, 0.25) is 5.95 Å². The van der Waals surface area contributed by atoms with Crippen LogP contribution in [0.5, 0.6) is 0 Å². The number of aliphatic imine (C=N–C) groups is 1. The molecule has 0 aliphatic heterocycles. The standard InChI is InChI=1S/C23H20ClF2N5O/c1-4-27-11-5-6-15(2)31-13-17-12-28-22(29-14-23(3,25)26)30-20(17)19(21(31)32)16-7-9-18(24)10-8-16/h4-13H,1-2,14H2,3H3,(H,29,30)/b6-5-,27-11?. The monoisotopic (exact) mass is 455 g/mol. The molecule has 164 valence electrons. The Balaban J connectivity index is 2.18. The summed E-state index contributed by atoms with van der Waals surface area (Å²) in [6.07, 6.45) is 9.14. The minimum atomic E-state index is -2.94. The largest absolute Gasteiger partial charge is 0.348 e. The molecule has 3 rings (SSSR count). The lowest BCUT2D eigenvalue weighted by molar-refractivity contribution is 0.0366. The maximum atomic E-state index is 13.4. The molecule has 1 aromatic carbocycles. The quantitative estimate of drug-likeness (QED) is 0.363. The third kappa shape index (κ3) is 5.53. The summed E-state index contributed by atoms with van der Waals surface area (Å²) in [4.78, 5) is 25.7. The number of alkyl halides is 2. The molecule has 9 heteroatoms. The number of pyridine rings is 1. The third-order valence-corrected chi connectivity index (χ3v) is 4.57. The van der Waals surface area contributed by atoms with E-state index >= 15 is 0 Å². The minimum Gasteiger partial charge on any atom is -0.348 e. The number of halogens is 3. The number of allylic oxidation sites excluding steroid dienone is 3. The highest BCUT2D eigenvalue weighted by Gasteiger charge is 2.21. The van der Waals surface area contributed by atoms with Gasteiger partial charge in [-0.25, -0.2) is 18.7 Å². The second kappa shape index (κ2) is 9.65. The Morgan fingerprint density at radius 1 is 1.34 bits per heavy atom. The molecule has 0 spiro atoms. The van der Waals surface area contributed by atoms with E-state index in [4.69, 9.17) is 11.6 Å². The van der Waals surface area contributed by atoms with E-state index in [1.165, 1.54) is 23.2 Å². The van der Waals surface area contributed by atoms with Crippen LogP contribution in [0.3, 0.4) is 0 Å². The summed E-state index contributed by atoms with van der Waals surface area (Å²) >= 11 is 6.00. The summed E-state index contributed by atoms with van der Waals surface area (Å²) < 4.78 is 27.9. The number of rotatable bonds is 8. The van der Waals surface area contributed by atoms with Crippen LogP contribution in [0.4, 0.5) is 14.7 Å². The van der Waals surface area contributed by atoms with Gasteiger partial charge in [0.1, 0.15) is 0 Å². The number of hydrogen-bond donors (Lipinski definition) is 1. The maximum absolute atomic E-state index is 13.4. The SMILES string of the molecule is C=CN=C/C=C\C(=C)n1cc2cnc(NCC(C)(F)F)nc2c(-c2ccc(Cl)cc2)c1=O. The van der Waals surface area contributed by atoms with Crippen LogP contribution < -0.4 is 10.9 Å². The first kappa shape index (κ1) is 23.0. The zero-order chi connectivity index (χ0) is 23.3. The molecule has 0 aliphatic rings. The first-order valence-corrected chi connectivity index (χ1v) is 9.87. The highest BCUT2D eigenvalue weighted by molar-refractivity contribution is 6.30. The van der Waals surface area contributed by atoms with Gasteiger partial charge in [-0.15, -0.1) is 0 Å². The summed E-state index contributed by atoms with van der Waals surface area (Å²) in [5.74, 6) is -2.95. The van der Waals surface area contributed by atoms with Gasteiger partial charge in [0, 0.05) is 47.8 Å². The molecule has 0 amide bonds. The van der Waals surface area contributed by atoms with Crippen LogP contribution in [0.2, 0.25) is 5.02 Å². The fraction of sp³-hybridized carbons (Fsp3) is 0.130. The Morgan fingerprint density at radius 2 is 2.06 bits per heavy atom. The van der Waals surface area contributed by atoms with Gasteiger partial charge in [0.05, 0.1) is 17.6 Å². The van der Waals surface area contributed by atoms with E-state index in [0.29, 0.717) is 27.2 Å². The molecule has 1 N–H and O–H groups in total. The van der Waals surface area contributed by atoms with Gasteiger partial charge in [-0.2, -0.15) is 0 Å². The van der Waals surface area contributed by atoms with Crippen molar-refractivity contribution in [2.24, 2.45) is 4.99 Å². The fourth-order valence-electron chi connectivity index (χ4n) is 2.86. The fourth-order valence-corrected chi connectivity index (χ4v) is 2.99. The summed E-state index contributed by atoms with van der Waals surface area (Å²) in [5, 5.41) is 3.54. The third-order valence-electron chi connectivity index (χ3n) is 4.32. The summed E-state index contributed by atoms with van der Waals surface area (Å²) in [6, 6.07) is 6.68. The molecule has 0 saturated heterocycles. The van der Waals surface area contributed by atoms with Crippen molar-refractivity contribution < 1.29 is 8.78 Å². The number of fused-ring (bicyclic) bond motifs is 1. The number of benzene rings is 1. The van der Waals surface area contributed by atoms with Crippen LogP contribution in [-0.2, 0) is 0 Å². The van der Waals surface area contributed by atoms with Gasteiger partial charge in [-0.1, -0.05) is 36.9 Å². The highest BCUT2D eigenvalue weighted by atomic mass is 35.5. The van der Waals surface area contributed by atoms with Crippen LogP contribution in [0.1, 0.15) is 6.92 Å². The van der Waals surface area contributed by atoms with Gasteiger partial charge in [-0.3, -0.25) is 14.4 Å². The van der Waals surface area contributed by atoms with Gasteiger partial charge < -0.3 is 5.32 Å². The second-order valence-corrected chi connectivity index (χ2v) is 7.38. The van der Waals surface area contributed by atoms with Crippen molar-refractivity contribution in [1.82, 2.24) is 14.5 Å². The molecule has 0 radical (unpaired) electrons. The Bertz CT molecular complexity index is 1270. The van der Waals surface area contributed by atoms with E-state index in [1.54, 1.807) is 42.6 Å². The van der Waals surface area contributed by atoms with E-state index in [-0.39, 0.29) is 17.1 Å². The summed E-state index contributed by atoms with van der Waals surface area (Å²) in [6.45, 7) is 7.58. The average Bonchev–Trinajstić information content (AvgIpc) is 2.75. The Labute approximate surface area is 188 Å². The first-order chi connectivity index (χ1) is 15.2. The van der Waals surface area contributed by atoms with Crippen molar-refractivity contribution in [2.45, 2.75) is 12.8 Å². The molecular formula is C23H20ClF2N5O. The molecule has 0 unspecified atom stereocenters. The summed E-state index contributed by atoms with van der Waals surface area (Å²) in [7, 11) is 0. The Kier molecular flexibility index (Phi) is 6.95. The van der Waals surface area contributed by atoms with Gasteiger partial charge in [0.25, 0.3) is 11.5 Å². The zero-order valence-electron chi connectivity index (χ0n) is 17.2. The normalized spacial score (nSPS) is 12.0. The van der Waals surface area contributed by atoms with E-state index in [1.807, 2.05) is 0 Å². The molecule has 0 bridgehead atoms. The molecule has 0 saturated carbocycles. The van der Waals surface area contributed by atoms with Crippen molar-refractivity contribution in [2.75, 3.05) is 11.9 Å². The zero-order valence-corrected chi connectivity index (χ0v) is 18.0. The van der Waals surface area contributed by atoms with Crippen LogP contribution >= 0.6 is 11.6 Å². The van der Waals surface area contributed by atoms with Crippen molar-refractivity contribution in [1.29, 1.82) is 0 Å². The van der Waals surface area contributed by atoms with Crippen LogP contribution in [0, 0.1) is 0 Å². The van der Waals surface area contributed by atoms with Crippen molar-refractivity contribution >= 4 is 40.4 Å². The highest BCUT2D eigenvalue weighted by Crippen LogP contribution is 2.27. The van der Waals surface area contributed by atoms with E-state index in [2.05, 4.69) is 33.4 Å². The average molecular weight is 456 g/mol. The predicted octanol–water partition coefficient (Wildman–Crippen LogP) is 5.42. The van der Waals surface area contributed by atoms with Crippen molar-refractivity contribution in [3.8, 4) is 11.1 Å². The number of aromatic nitrogens is 3. The molecule has 3 aromatic rings. The van der Waals surface area contributed by atoms with Crippen LogP contribution in [0.25, 0.3) is 27.7 Å². The topological polar surface area (TPSA) is 72.2 Å². The summed E-state index contributed by atoms with van der Waals surface area (Å²) in [5.41, 5.74) is 1.14. The molecule has 2 heterocycles. The number of anilines is 1. The van der Waals surface area contributed by atoms with Gasteiger partial charge in [-0.05, 0) is 29.8 Å². The smallest absolute Gasteiger partial charge is 0.265 e. The maximum Gasteiger partial charge on any atom is 0.265 e. The lowest BCUT2D eigenvalue weighted by Gasteiger charge is -2.14. The lowest BCUT2D eigenvalue weighted by atomic mass is 10.0. The van der Waals surface area contributed by atoms with Crippen molar-refractivity contribution in [3.05, 3.63) is 83.5 Å². The first-order valence-electron chi connectivity index (χ1n) is 9.49. The van der Waals surface area contributed by atoms with Crippen LogP contribution in [-0.4, -0.2) is 33.2 Å². The molecular weight excluding hydrogens is 436 g/mol. The van der Waals surface area contributed by atoms with Crippen LogP contribution in [0.15, 0.2) is 78.0 Å². The van der Waals surface area contributed by atoms with Crippen molar-refractivity contribution in [3.63, 3.8) is 0 Å². The molecule has 6 nitrogen and oxygen atoms in total. The molecule has 0 aliphatic carbocycles. The number of hydrogen-bond acceptors (Lipinski definition) is 5. The van der Waals surface area contributed by atoms with E-state index in [9.17, 15) is 13.6 Å². The number of nitrogens with zero attached hydrogens (tertiary/aromatic N) is 4. The molecule has 32 heavy (non-hydrogen) atoms. The number of nitrogens with one attached hydrogen (secondary N) is 1. The molecule has 0 fully saturated rings. The second-order valence-electron chi connectivity index (χ2n) is 6.94. The van der Waals surface area contributed by atoms with Gasteiger partial charge >= 0.3 is 0 Å². The van der Waals surface area contributed by atoms with Gasteiger partial charge in [0.15, 0.2) is 0 Å². The molecule has 2 aromatic heterocycles. The molecule has 0 atom stereocenters. The van der Waals surface area contributed by atoms with E-state index in [0.717, 1.165) is 6.92 Å². The van der Waals surface area contributed by atoms with E-state index < -0.39 is 12.5 Å². The minimum absolute atomic E-state index is 0.00857. The Morgan fingerprint density at radius 3 is 2.72 bits per heavy atom.